The molecule has 2 heterocycles. The Kier molecular flexibility index (Phi) is 3.35. The van der Waals surface area contributed by atoms with Gasteiger partial charge in [-0.05, 0) is 24.7 Å². The maximum absolute atomic E-state index is 6.16. The van der Waals surface area contributed by atoms with Gasteiger partial charge in [-0.25, -0.2) is 0 Å². The molecule has 4 rings (SSSR count). The summed E-state index contributed by atoms with van der Waals surface area (Å²) in [5, 5.41) is 0. The summed E-state index contributed by atoms with van der Waals surface area (Å²) in [6.07, 6.45) is 7.64. The standard InChI is InChI=1S/C15H23NO3/c1-2-12-7-11(1)8-14(12)15-18-10-13(19-15)9-16-3-5-17-6-4-16/h1-2,11-15H,3-10H2/t11-,12-,13-,14+,15+/m0/s1. The van der Waals surface area contributed by atoms with E-state index in [1.807, 2.05) is 0 Å². The average Bonchev–Trinajstić information content (AvgIpc) is 3.15. The first kappa shape index (κ1) is 12.3. The molecule has 3 fully saturated rings. The topological polar surface area (TPSA) is 30.9 Å². The quantitative estimate of drug-likeness (QED) is 0.719. The van der Waals surface area contributed by atoms with E-state index in [0.29, 0.717) is 11.8 Å². The molecule has 0 unspecified atom stereocenters. The van der Waals surface area contributed by atoms with Gasteiger partial charge in [0.2, 0.25) is 0 Å². The van der Waals surface area contributed by atoms with Crippen LogP contribution in [0.2, 0.25) is 0 Å². The smallest absolute Gasteiger partial charge is 0.161 e. The van der Waals surface area contributed by atoms with E-state index in [9.17, 15) is 0 Å². The van der Waals surface area contributed by atoms with Crippen LogP contribution < -0.4 is 0 Å². The first-order valence-corrected chi connectivity index (χ1v) is 7.64. The third-order valence-corrected chi connectivity index (χ3v) is 5.02. The van der Waals surface area contributed by atoms with Crippen molar-refractivity contribution in [1.82, 2.24) is 4.90 Å². The second-order valence-corrected chi connectivity index (χ2v) is 6.32. The summed E-state index contributed by atoms with van der Waals surface area (Å²) in [6.45, 7) is 5.53. The molecular weight excluding hydrogens is 242 g/mol. The van der Waals surface area contributed by atoms with E-state index in [1.54, 1.807) is 0 Å². The molecule has 2 bridgehead atoms. The van der Waals surface area contributed by atoms with Crippen molar-refractivity contribution in [3.8, 4) is 0 Å². The van der Waals surface area contributed by atoms with Crippen LogP contribution in [0, 0.1) is 17.8 Å². The van der Waals surface area contributed by atoms with Gasteiger partial charge in [-0.15, -0.1) is 0 Å². The molecule has 0 N–H and O–H groups in total. The van der Waals surface area contributed by atoms with E-state index >= 15 is 0 Å². The van der Waals surface area contributed by atoms with Crippen LogP contribution in [0.5, 0.6) is 0 Å². The molecule has 2 saturated heterocycles. The largest absolute Gasteiger partial charge is 0.379 e. The molecule has 106 valence electrons. The minimum absolute atomic E-state index is 0.0472. The number of nitrogens with zero attached hydrogens (tertiary/aromatic N) is 1. The predicted molar refractivity (Wildman–Crippen MR) is 70.7 cm³/mol. The van der Waals surface area contributed by atoms with Crippen LogP contribution in [0.4, 0.5) is 0 Å². The molecule has 0 aromatic rings. The van der Waals surface area contributed by atoms with E-state index in [-0.39, 0.29) is 12.4 Å². The SMILES string of the molecule is C1=C[C@H]2C[C@H]1C[C@H]2[C@@H]1OC[C@H](CN2CCOCC2)O1. The fourth-order valence-corrected chi connectivity index (χ4v) is 4.00. The van der Waals surface area contributed by atoms with Crippen molar-refractivity contribution in [1.29, 1.82) is 0 Å². The maximum atomic E-state index is 6.16. The Morgan fingerprint density at radius 2 is 2.00 bits per heavy atom. The molecule has 1 saturated carbocycles. The van der Waals surface area contributed by atoms with Gasteiger partial charge in [-0.3, -0.25) is 4.90 Å². The lowest BCUT2D eigenvalue weighted by atomic mass is 9.93. The fraction of sp³-hybridized carbons (Fsp3) is 0.867. The summed E-state index contributed by atoms with van der Waals surface area (Å²) in [5.41, 5.74) is 0. The molecule has 2 aliphatic heterocycles. The molecule has 0 aromatic carbocycles. The highest BCUT2D eigenvalue weighted by atomic mass is 16.7. The first-order valence-electron chi connectivity index (χ1n) is 7.64. The van der Waals surface area contributed by atoms with Gasteiger partial charge in [0, 0.05) is 25.6 Å². The zero-order valence-electron chi connectivity index (χ0n) is 11.4. The highest BCUT2D eigenvalue weighted by molar-refractivity contribution is 5.11. The molecule has 0 spiro atoms. The van der Waals surface area contributed by atoms with E-state index in [0.717, 1.165) is 45.4 Å². The molecule has 4 nitrogen and oxygen atoms in total. The highest BCUT2D eigenvalue weighted by Crippen LogP contribution is 2.46. The predicted octanol–water partition coefficient (Wildman–Crippen LogP) is 1.27. The third kappa shape index (κ3) is 2.47. The molecule has 0 aromatic heterocycles. The third-order valence-electron chi connectivity index (χ3n) is 5.02. The van der Waals surface area contributed by atoms with Crippen molar-refractivity contribution in [2.45, 2.75) is 25.2 Å². The van der Waals surface area contributed by atoms with Crippen molar-refractivity contribution >= 4 is 0 Å². The van der Waals surface area contributed by atoms with Crippen LogP contribution in [0.1, 0.15) is 12.8 Å². The highest BCUT2D eigenvalue weighted by Gasteiger charge is 2.44. The minimum atomic E-state index is 0.0472. The number of allylic oxidation sites excluding steroid dienone is 2. The van der Waals surface area contributed by atoms with E-state index < -0.39 is 0 Å². The number of ether oxygens (including phenoxy) is 3. The summed E-state index contributed by atoms with van der Waals surface area (Å²) in [6, 6.07) is 0. The Morgan fingerprint density at radius 3 is 2.74 bits per heavy atom. The van der Waals surface area contributed by atoms with Crippen LogP contribution in [0.25, 0.3) is 0 Å². The number of morpholine rings is 1. The van der Waals surface area contributed by atoms with Crippen LogP contribution in [-0.2, 0) is 14.2 Å². The number of fused-ring (bicyclic) bond motifs is 2. The lowest BCUT2D eigenvalue weighted by molar-refractivity contribution is -0.107. The first-order chi connectivity index (χ1) is 9.38. The molecule has 0 radical (unpaired) electrons. The Labute approximate surface area is 114 Å². The monoisotopic (exact) mass is 265 g/mol. The summed E-state index contributed by atoms with van der Waals surface area (Å²) >= 11 is 0. The van der Waals surface area contributed by atoms with Gasteiger partial charge in [0.1, 0.15) is 0 Å². The normalized spacial score (nSPS) is 46.2. The molecule has 4 heteroatoms. The van der Waals surface area contributed by atoms with Gasteiger partial charge >= 0.3 is 0 Å². The van der Waals surface area contributed by atoms with Crippen molar-refractivity contribution in [3.05, 3.63) is 12.2 Å². The van der Waals surface area contributed by atoms with Crippen molar-refractivity contribution in [3.63, 3.8) is 0 Å². The Hall–Kier alpha value is -0.420. The minimum Gasteiger partial charge on any atom is -0.379 e. The molecule has 2 aliphatic carbocycles. The van der Waals surface area contributed by atoms with Crippen LogP contribution in [0.3, 0.4) is 0 Å². The van der Waals surface area contributed by atoms with Crippen molar-refractivity contribution in [2.24, 2.45) is 17.8 Å². The van der Waals surface area contributed by atoms with E-state index in [4.69, 9.17) is 14.2 Å². The molecular formula is C15H23NO3. The average molecular weight is 265 g/mol. The second-order valence-electron chi connectivity index (χ2n) is 6.32. The molecule has 5 atom stereocenters. The number of rotatable bonds is 3. The summed E-state index contributed by atoms with van der Waals surface area (Å²) in [5.74, 6) is 2.10. The lowest BCUT2D eigenvalue weighted by Crippen LogP contribution is -2.41. The summed E-state index contributed by atoms with van der Waals surface area (Å²) in [7, 11) is 0. The van der Waals surface area contributed by atoms with Gasteiger partial charge in [0.25, 0.3) is 0 Å². The molecule has 4 aliphatic rings. The van der Waals surface area contributed by atoms with Crippen LogP contribution in [-0.4, -0.2) is 56.7 Å². The Morgan fingerprint density at radius 1 is 1.11 bits per heavy atom. The van der Waals surface area contributed by atoms with Crippen molar-refractivity contribution < 1.29 is 14.2 Å². The van der Waals surface area contributed by atoms with E-state index in [1.165, 1.54) is 12.8 Å². The second kappa shape index (κ2) is 5.17. The van der Waals surface area contributed by atoms with Crippen LogP contribution >= 0.6 is 0 Å². The van der Waals surface area contributed by atoms with Gasteiger partial charge in [0.15, 0.2) is 6.29 Å². The van der Waals surface area contributed by atoms with Gasteiger partial charge in [0.05, 0.1) is 25.9 Å². The number of hydrogen-bond donors (Lipinski definition) is 0. The zero-order chi connectivity index (χ0) is 12.7. The maximum Gasteiger partial charge on any atom is 0.161 e. The van der Waals surface area contributed by atoms with Crippen molar-refractivity contribution in [2.75, 3.05) is 39.5 Å². The van der Waals surface area contributed by atoms with Gasteiger partial charge in [-0.1, -0.05) is 12.2 Å². The summed E-state index contributed by atoms with van der Waals surface area (Å²) in [4.78, 5) is 2.43. The lowest BCUT2D eigenvalue weighted by Gasteiger charge is -2.29. The molecule has 19 heavy (non-hydrogen) atoms. The van der Waals surface area contributed by atoms with Gasteiger partial charge in [-0.2, -0.15) is 0 Å². The van der Waals surface area contributed by atoms with Gasteiger partial charge < -0.3 is 14.2 Å². The fourth-order valence-electron chi connectivity index (χ4n) is 4.00. The van der Waals surface area contributed by atoms with E-state index in [2.05, 4.69) is 17.1 Å². The number of hydrogen-bond acceptors (Lipinski definition) is 4. The molecule has 0 amide bonds. The Balaban J connectivity index is 1.29. The zero-order valence-corrected chi connectivity index (χ0v) is 11.4. The van der Waals surface area contributed by atoms with Crippen LogP contribution in [0.15, 0.2) is 12.2 Å². The summed E-state index contributed by atoms with van der Waals surface area (Å²) < 4.78 is 17.5. The Bertz CT molecular complexity index is 353.